The fraction of sp³-hybridized carbons (Fsp3) is 0.250. The van der Waals surface area contributed by atoms with Crippen molar-refractivity contribution in [2.75, 3.05) is 11.7 Å². The summed E-state index contributed by atoms with van der Waals surface area (Å²) >= 11 is 0. The lowest BCUT2D eigenvalue weighted by Crippen LogP contribution is -2.14. The number of halogens is 3. The van der Waals surface area contributed by atoms with Crippen LogP contribution in [0.15, 0.2) is 23.1 Å². The summed E-state index contributed by atoms with van der Waals surface area (Å²) in [7, 11) is -3.93. The van der Waals surface area contributed by atoms with Crippen molar-refractivity contribution in [3.05, 3.63) is 23.8 Å². The van der Waals surface area contributed by atoms with Gasteiger partial charge in [0.05, 0.1) is 10.5 Å². The number of nitrogens with one attached hydrogen (secondary N) is 1. The highest BCUT2D eigenvalue weighted by Gasteiger charge is 2.36. The normalized spacial score (nSPS) is 12.6. The maximum atomic E-state index is 12.6. The van der Waals surface area contributed by atoms with Gasteiger partial charge in [-0.2, -0.15) is 13.2 Å². The molecule has 90 valence electrons. The van der Waals surface area contributed by atoms with E-state index in [1.807, 2.05) is 5.43 Å². The molecule has 0 aromatic heterocycles. The molecule has 0 radical (unpaired) electrons. The van der Waals surface area contributed by atoms with Gasteiger partial charge in [0.15, 0.2) is 9.84 Å². The van der Waals surface area contributed by atoms with E-state index in [0.29, 0.717) is 12.3 Å². The SMILES string of the molecule is CS(=O)(=O)c1ccc(NN)cc1C(F)(F)F. The quantitative estimate of drug-likeness (QED) is 0.618. The molecule has 4 nitrogen and oxygen atoms in total. The molecule has 0 atom stereocenters. The van der Waals surface area contributed by atoms with Crippen LogP contribution < -0.4 is 11.3 Å². The summed E-state index contributed by atoms with van der Waals surface area (Å²) in [5.41, 5.74) is 0.778. The number of hydrazine groups is 1. The van der Waals surface area contributed by atoms with E-state index in [4.69, 9.17) is 5.84 Å². The molecular formula is C8H9F3N2O2S. The van der Waals surface area contributed by atoms with E-state index >= 15 is 0 Å². The first-order chi connectivity index (χ1) is 7.16. The molecule has 1 rings (SSSR count). The van der Waals surface area contributed by atoms with Crippen LogP contribution >= 0.6 is 0 Å². The summed E-state index contributed by atoms with van der Waals surface area (Å²) in [6.07, 6.45) is -4.03. The molecule has 1 aromatic carbocycles. The van der Waals surface area contributed by atoms with Gasteiger partial charge in [0.2, 0.25) is 0 Å². The van der Waals surface area contributed by atoms with Crippen molar-refractivity contribution in [1.29, 1.82) is 0 Å². The second-order valence-corrected chi connectivity index (χ2v) is 5.11. The summed E-state index contributed by atoms with van der Waals surface area (Å²) in [5, 5.41) is 0. The lowest BCUT2D eigenvalue weighted by atomic mass is 10.2. The fourth-order valence-electron chi connectivity index (χ4n) is 1.16. The van der Waals surface area contributed by atoms with Crippen molar-refractivity contribution in [1.82, 2.24) is 0 Å². The van der Waals surface area contributed by atoms with E-state index in [1.54, 1.807) is 0 Å². The van der Waals surface area contributed by atoms with Gasteiger partial charge in [-0.25, -0.2) is 8.42 Å². The monoisotopic (exact) mass is 254 g/mol. The Morgan fingerprint density at radius 1 is 1.31 bits per heavy atom. The lowest BCUT2D eigenvalue weighted by Gasteiger charge is -2.12. The smallest absolute Gasteiger partial charge is 0.324 e. The minimum atomic E-state index is -4.74. The van der Waals surface area contributed by atoms with Crippen LogP contribution in [0.2, 0.25) is 0 Å². The van der Waals surface area contributed by atoms with Crippen LogP contribution in [0.3, 0.4) is 0 Å². The number of alkyl halides is 3. The van der Waals surface area contributed by atoms with Gasteiger partial charge in [-0.15, -0.1) is 0 Å². The van der Waals surface area contributed by atoms with Crippen molar-refractivity contribution in [2.24, 2.45) is 5.84 Å². The van der Waals surface area contributed by atoms with Crippen LogP contribution in [0, 0.1) is 0 Å². The average molecular weight is 254 g/mol. The second-order valence-electron chi connectivity index (χ2n) is 3.13. The Morgan fingerprint density at radius 3 is 2.25 bits per heavy atom. The zero-order valence-electron chi connectivity index (χ0n) is 8.17. The maximum absolute atomic E-state index is 12.6. The third-order valence-corrected chi connectivity index (χ3v) is 3.01. The van der Waals surface area contributed by atoms with Crippen LogP contribution in [0.25, 0.3) is 0 Å². The molecule has 0 spiro atoms. The second kappa shape index (κ2) is 3.95. The number of nitrogens with two attached hydrogens (primary N) is 1. The van der Waals surface area contributed by atoms with Gasteiger partial charge in [0, 0.05) is 11.9 Å². The van der Waals surface area contributed by atoms with Crippen LogP contribution in [0.5, 0.6) is 0 Å². The molecule has 1 aromatic rings. The van der Waals surface area contributed by atoms with Crippen LogP contribution in [0.4, 0.5) is 18.9 Å². The standard InChI is InChI=1S/C8H9F3N2O2S/c1-16(14,15)7-3-2-5(13-12)4-6(7)8(9,10)11/h2-4,13H,12H2,1H3. The number of hydrogen-bond acceptors (Lipinski definition) is 4. The number of benzene rings is 1. The highest BCUT2D eigenvalue weighted by atomic mass is 32.2. The van der Waals surface area contributed by atoms with Gasteiger partial charge >= 0.3 is 6.18 Å². The lowest BCUT2D eigenvalue weighted by molar-refractivity contribution is -0.139. The topological polar surface area (TPSA) is 72.2 Å². The van der Waals surface area contributed by atoms with Gasteiger partial charge in [-0.05, 0) is 18.2 Å². The first-order valence-corrected chi connectivity index (χ1v) is 5.93. The molecule has 0 aliphatic rings. The fourth-order valence-corrected chi connectivity index (χ4v) is 2.05. The molecule has 0 fully saturated rings. The molecule has 0 heterocycles. The third kappa shape index (κ3) is 2.64. The molecule has 0 unspecified atom stereocenters. The van der Waals surface area contributed by atoms with Crippen molar-refractivity contribution in [3.63, 3.8) is 0 Å². The van der Waals surface area contributed by atoms with E-state index in [2.05, 4.69) is 0 Å². The first-order valence-electron chi connectivity index (χ1n) is 4.04. The Hall–Kier alpha value is -1.28. The van der Waals surface area contributed by atoms with Gasteiger partial charge < -0.3 is 5.43 Å². The van der Waals surface area contributed by atoms with Crippen LogP contribution in [0.1, 0.15) is 5.56 Å². The molecule has 0 amide bonds. The van der Waals surface area contributed by atoms with E-state index in [9.17, 15) is 21.6 Å². The molecule has 3 N–H and O–H groups in total. The van der Waals surface area contributed by atoms with E-state index in [-0.39, 0.29) is 5.69 Å². The molecular weight excluding hydrogens is 245 g/mol. The van der Waals surface area contributed by atoms with E-state index < -0.39 is 26.5 Å². The third-order valence-electron chi connectivity index (χ3n) is 1.85. The Labute approximate surface area is 90.1 Å². The number of hydrogen-bond donors (Lipinski definition) is 2. The van der Waals surface area contributed by atoms with Crippen molar-refractivity contribution >= 4 is 15.5 Å². The summed E-state index contributed by atoms with van der Waals surface area (Å²) in [6.45, 7) is 0. The Balaban J connectivity index is 3.52. The Bertz CT molecular complexity index is 496. The summed E-state index contributed by atoms with van der Waals surface area (Å²) in [6, 6.07) is 2.68. The van der Waals surface area contributed by atoms with Gasteiger partial charge in [-0.3, -0.25) is 5.84 Å². The zero-order valence-corrected chi connectivity index (χ0v) is 8.98. The molecule has 16 heavy (non-hydrogen) atoms. The van der Waals surface area contributed by atoms with Crippen LogP contribution in [-0.4, -0.2) is 14.7 Å². The van der Waals surface area contributed by atoms with Crippen molar-refractivity contribution in [3.8, 4) is 0 Å². The number of sulfone groups is 1. The number of nitrogen functional groups attached to an aromatic ring is 1. The largest absolute Gasteiger partial charge is 0.417 e. The van der Waals surface area contributed by atoms with Gasteiger partial charge in [-0.1, -0.05) is 0 Å². The molecule has 0 aliphatic carbocycles. The Morgan fingerprint density at radius 2 is 1.88 bits per heavy atom. The molecule has 0 aliphatic heterocycles. The van der Waals surface area contributed by atoms with Crippen molar-refractivity contribution in [2.45, 2.75) is 11.1 Å². The first kappa shape index (κ1) is 12.8. The Kier molecular flexibility index (Phi) is 3.15. The summed E-state index contributed by atoms with van der Waals surface area (Å²) in [5.74, 6) is 4.95. The molecule has 0 saturated carbocycles. The van der Waals surface area contributed by atoms with Gasteiger partial charge in [0.1, 0.15) is 0 Å². The minimum Gasteiger partial charge on any atom is -0.324 e. The van der Waals surface area contributed by atoms with E-state index in [0.717, 1.165) is 12.1 Å². The maximum Gasteiger partial charge on any atom is 0.417 e. The predicted molar refractivity (Wildman–Crippen MR) is 52.4 cm³/mol. The summed E-state index contributed by atoms with van der Waals surface area (Å²) in [4.78, 5) is -0.765. The number of rotatable bonds is 2. The van der Waals surface area contributed by atoms with Crippen LogP contribution in [-0.2, 0) is 16.0 Å². The number of anilines is 1. The van der Waals surface area contributed by atoms with Crippen molar-refractivity contribution < 1.29 is 21.6 Å². The molecule has 0 saturated heterocycles. The zero-order chi connectivity index (χ0) is 12.6. The highest BCUT2D eigenvalue weighted by Crippen LogP contribution is 2.35. The molecule has 8 heteroatoms. The highest BCUT2D eigenvalue weighted by molar-refractivity contribution is 7.90. The average Bonchev–Trinajstić information content (AvgIpc) is 2.14. The minimum absolute atomic E-state index is 0.0141. The summed E-state index contributed by atoms with van der Waals surface area (Å²) < 4.78 is 60.0. The molecule has 0 bridgehead atoms. The van der Waals surface area contributed by atoms with Gasteiger partial charge in [0.25, 0.3) is 0 Å². The predicted octanol–water partition coefficient (Wildman–Crippen LogP) is 1.39. The van der Waals surface area contributed by atoms with E-state index in [1.165, 1.54) is 0 Å².